The Bertz CT molecular complexity index is 1160. The minimum atomic E-state index is -3.77. The first-order chi connectivity index (χ1) is 17.0. The highest BCUT2D eigenvalue weighted by atomic mass is 79.9. The van der Waals surface area contributed by atoms with Gasteiger partial charge in [-0.25, -0.2) is 8.42 Å². The lowest BCUT2D eigenvalue weighted by molar-refractivity contribution is -0.139. The van der Waals surface area contributed by atoms with Crippen LogP contribution in [0.4, 0.5) is 5.69 Å². The third kappa shape index (κ3) is 7.32. The molecule has 36 heavy (non-hydrogen) atoms. The molecule has 1 fully saturated rings. The van der Waals surface area contributed by atoms with E-state index >= 15 is 0 Å². The summed E-state index contributed by atoms with van der Waals surface area (Å²) in [7, 11) is -3.77. The van der Waals surface area contributed by atoms with Gasteiger partial charge in [0.05, 0.1) is 11.9 Å². The zero-order chi connectivity index (χ0) is 26.5. The molecule has 1 aliphatic rings. The van der Waals surface area contributed by atoms with E-state index in [1.54, 1.807) is 19.1 Å². The van der Waals surface area contributed by atoms with Crippen molar-refractivity contribution in [3.05, 3.63) is 64.1 Å². The molecule has 0 bridgehead atoms. The molecule has 1 N–H and O–H groups in total. The summed E-state index contributed by atoms with van der Waals surface area (Å²) < 4.78 is 27.8. The average molecular weight is 579 g/mol. The lowest BCUT2D eigenvalue weighted by Crippen LogP contribution is -2.52. The average Bonchev–Trinajstić information content (AvgIpc) is 3.33. The Morgan fingerprint density at radius 2 is 1.64 bits per heavy atom. The number of para-hydroxylation sites is 1. The first-order valence-corrected chi connectivity index (χ1v) is 15.0. The normalized spacial score (nSPS) is 15.1. The molecule has 196 valence electrons. The fourth-order valence-corrected chi connectivity index (χ4v) is 5.69. The Kier molecular flexibility index (Phi) is 9.58. The van der Waals surface area contributed by atoms with E-state index in [1.165, 1.54) is 4.90 Å². The van der Waals surface area contributed by atoms with Crippen LogP contribution in [0.25, 0.3) is 0 Å². The number of hydrogen-bond acceptors (Lipinski definition) is 4. The number of carbonyl (C=O) groups is 2. The number of benzene rings is 2. The van der Waals surface area contributed by atoms with Crippen molar-refractivity contribution in [3.63, 3.8) is 0 Å². The number of rotatable bonds is 10. The molecule has 0 unspecified atom stereocenters. The molecule has 1 atom stereocenters. The summed E-state index contributed by atoms with van der Waals surface area (Å²) >= 11 is 3.42. The number of halogens is 1. The molecule has 3 rings (SSSR count). The molecular formula is C27H36BrN3O4S. The molecule has 7 nitrogen and oxygen atoms in total. The number of hydrogen-bond donors (Lipinski definition) is 1. The highest BCUT2D eigenvalue weighted by molar-refractivity contribution is 9.10. The van der Waals surface area contributed by atoms with Crippen LogP contribution >= 0.6 is 15.9 Å². The maximum absolute atomic E-state index is 13.7. The van der Waals surface area contributed by atoms with Crippen LogP contribution in [0.2, 0.25) is 0 Å². The van der Waals surface area contributed by atoms with Crippen molar-refractivity contribution in [1.29, 1.82) is 0 Å². The Hall–Kier alpha value is -2.39. The van der Waals surface area contributed by atoms with E-state index in [2.05, 4.69) is 21.2 Å². The largest absolute Gasteiger partial charge is 0.352 e. The quantitative estimate of drug-likeness (QED) is 0.438. The second kappa shape index (κ2) is 12.2. The molecule has 2 amide bonds. The van der Waals surface area contributed by atoms with E-state index in [0.29, 0.717) is 5.69 Å². The third-order valence-corrected chi connectivity index (χ3v) is 8.30. The molecule has 0 aliphatic heterocycles. The second-order valence-corrected chi connectivity index (χ2v) is 12.6. The van der Waals surface area contributed by atoms with Crippen molar-refractivity contribution >= 4 is 43.5 Å². The highest BCUT2D eigenvalue weighted by Crippen LogP contribution is 2.29. The van der Waals surface area contributed by atoms with E-state index in [-0.39, 0.29) is 31.0 Å². The number of nitrogens with one attached hydrogen (secondary N) is 1. The van der Waals surface area contributed by atoms with Crippen LogP contribution in [-0.2, 0) is 26.2 Å². The van der Waals surface area contributed by atoms with E-state index in [0.717, 1.165) is 51.8 Å². The molecule has 1 saturated carbocycles. The van der Waals surface area contributed by atoms with Crippen molar-refractivity contribution in [2.45, 2.75) is 71.0 Å². The van der Waals surface area contributed by atoms with Gasteiger partial charge in [0.15, 0.2) is 0 Å². The molecule has 0 saturated heterocycles. The number of carbonyl (C=O) groups excluding carboxylic acids is 2. The van der Waals surface area contributed by atoms with E-state index in [1.807, 2.05) is 50.2 Å². The van der Waals surface area contributed by atoms with Gasteiger partial charge in [0.1, 0.15) is 12.6 Å². The van der Waals surface area contributed by atoms with Crippen molar-refractivity contribution in [3.8, 4) is 0 Å². The molecule has 0 spiro atoms. The summed E-state index contributed by atoms with van der Waals surface area (Å²) in [5, 5.41) is 3.08. The molecule has 9 heteroatoms. The van der Waals surface area contributed by atoms with Crippen LogP contribution in [0, 0.1) is 0 Å². The molecule has 2 aromatic carbocycles. The van der Waals surface area contributed by atoms with Gasteiger partial charge in [0, 0.05) is 17.1 Å². The van der Waals surface area contributed by atoms with Crippen molar-refractivity contribution in [2.75, 3.05) is 17.1 Å². The zero-order valence-corrected chi connectivity index (χ0v) is 23.8. The van der Waals surface area contributed by atoms with Crippen LogP contribution in [0.1, 0.15) is 63.5 Å². The van der Waals surface area contributed by atoms with Gasteiger partial charge in [-0.2, -0.15) is 0 Å². The van der Waals surface area contributed by atoms with Crippen LogP contribution in [-0.4, -0.2) is 50.0 Å². The predicted octanol–water partition coefficient (Wildman–Crippen LogP) is 4.81. The zero-order valence-electron chi connectivity index (χ0n) is 21.4. The van der Waals surface area contributed by atoms with E-state index in [4.69, 9.17) is 0 Å². The fraction of sp³-hybridized carbons (Fsp3) is 0.481. The van der Waals surface area contributed by atoms with Crippen molar-refractivity contribution < 1.29 is 18.0 Å². The predicted molar refractivity (Wildman–Crippen MR) is 147 cm³/mol. The maximum Gasteiger partial charge on any atom is 0.244 e. The number of anilines is 1. The first kappa shape index (κ1) is 28.2. The number of amides is 2. The molecule has 0 radical (unpaired) electrons. The lowest BCUT2D eigenvalue weighted by atomic mass is 10.0. The SMILES string of the molecule is CC(C)c1ccccc1N(CC(=O)N(Cc1ccc(Br)cc1)[C@H](C)C(=O)NC1CCCC1)S(C)(=O)=O. The van der Waals surface area contributed by atoms with Crippen LogP contribution < -0.4 is 9.62 Å². The fourth-order valence-electron chi connectivity index (χ4n) is 4.56. The molecule has 0 aromatic heterocycles. The Balaban J connectivity index is 1.92. The number of sulfonamides is 1. The minimum Gasteiger partial charge on any atom is -0.352 e. The lowest BCUT2D eigenvalue weighted by Gasteiger charge is -2.32. The van der Waals surface area contributed by atoms with Gasteiger partial charge in [-0.15, -0.1) is 0 Å². The monoisotopic (exact) mass is 577 g/mol. The standard InChI is InChI=1S/C27H36BrN3O4S/c1-19(2)24-11-7-8-12-25(24)31(36(4,34)35)18-26(32)30(17-21-13-15-22(28)16-14-21)20(3)27(33)29-23-9-5-6-10-23/h7-8,11-16,19-20,23H,5-6,9-10,17-18H2,1-4H3,(H,29,33)/t20-/m1/s1. The Morgan fingerprint density at radius 1 is 1.03 bits per heavy atom. The topological polar surface area (TPSA) is 86.8 Å². The molecule has 2 aromatic rings. The van der Waals surface area contributed by atoms with E-state index < -0.39 is 22.0 Å². The van der Waals surface area contributed by atoms with Gasteiger partial charge in [-0.05, 0) is 55.0 Å². The van der Waals surface area contributed by atoms with Gasteiger partial charge in [0.25, 0.3) is 0 Å². The molecule has 0 heterocycles. The summed E-state index contributed by atoms with van der Waals surface area (Å²) in [4.78, 5) is 28.4. The van der Waals surface area contributed by atoms with Crippen LogP contribution in [0.3, 0.4) is 0 Å². The summed E-state index contributed by atoms with van der Waals surface area (Å²) in [6.45, 7) is 5.47. The number of nitrogens with zero attached hydrogens (tertiary/aromatic N) is 2. The third-order valence-electron chi connectivity index (χ3n) is 6.64. The van der Waals surface area contributed by atoms with Gasteiger partial charge in [-0.1, -0.05) is 73.0 Å². The van der Waals surface area contributed by atoms with Gasteiger partial charge in [-0.3, -0.25) is 13.9 Å². The van der Waals surface area contributed by atoms with Gasteiger partial charge >= 0.3 is 0 Å². The summed E-state index contributed by atoms with van der Waals surface area (Å²) in [6, 6.07) is 14.1. The maximum atomic E-state index is 13.7. The summed E-state index contributed by atoms with van der Waals surface area (Å²) in [5.41, 5.74) is 2.16. The van der Waals surface area contributed by atoms with Crippen LogP contribution in [0.15, 0.2) is 53.0 Å². The Morgan fingerprint density at radius 3 is 2.22 bits per heavy atom. The molecule has 1 aliphatic carbocycles. The summed E-state index contributed by atoms with van der Waals surface area (Å²) in [6.07, 6.45) is 5.14. The van der Waals surface area contributed by atoms with Gasteiger partial charge < -0.3 is 10.2 Å². The van der Waals surface area contributed by atoms with Crippen molar-refractivity contribution in [2.24, 2.45) is 0 Å². The second-order valence-electron chi connectivity index (χ2n) is 9.80. The van der Waals surface area contributed by atoms with Gasteiger partial charge in [0.2, 0.25) is 21.8 Å². The van der Waals surface area contributed by atoms with Crippen molar-refractivity contribution in [1.82, 2.24) is 10.2 Å². The molecular weight excluding hydrogens is 542 g/mol. The first-order valence-electron chi connectivity index (χ1n) is 12.4. The smallest absolute Gasteiger partial charge is 0.244 e. The Labute approximate surface area is 223 Å². The van der Waals surface area contributed by atoms with E-state index in [9.17, 15) is 18.0 Å². The van der Waals surface area contributed by atoms with Crippen LogP contribution in [0.5, 0.6) is 0 Å². The minimum absolute atomic E-state index is 0.0653. The summed E-state index contributed by atoms with van der Waals surface area (Å²) in [5.74, 6) is -0.590. The highest BCUT2D eigenvalue weighted by Gasteiger charge is 2.32.